The van der Waals surface area contributed by atoms with Crippen LogP contribution in [-0.2, 0) is 19.1 Å². The highest BCUT2D eigenvalue weighted by atomic mass is 16.5. The van der Waals surface area contributed by atoms with E-state index in [2.05, 4.69) is 6.92 Å². The van der Waals surface area contributed by atoms with Gasteiger partial charge in [-0.1, -0.05) is 26.2 Å². The molecule has 0 atom stereocenters. The van der Waals surface area contributed by atoms with E-state index >= 15 is 0 Å². The van der Waals surface area contributed by atoms with E-state index < -0.39 is 17.9 Å². The van der Waals surface area contributed by atoms with Gasteiger partial charge >= 0.3 is 11.9 Å². The molecule has 0 bridgehead atoms. The van der Waals surface area contributed by atoms with Crippen molar-refractivity contribution in [3.8, 4) is 0 Å². The van der Waals surface area contributed by atoms with Gasteiger partial charge in [-0.3, -0.25) is 9.59 Å². The summed E-state index contributed by atoms with van der Waals surface area (Å²) in [6, 6.07) is 0. The van der Waals surface area contributed by atoms with Crippen molar-refractivity contribution < 1.29 is 19.1 Å². The molecule has 0 aromatic rings. The van der Waals surface area contributed by atoms with Crippen LogP contribution in [0.5, 0.6) is 0 Å². The van der Waals surface area contributed by atoms with Crippen molar-refractivity contribution in [2.24, 2.45) is 17.8 Å². The second-order valence-corrected chi connectivity index (χ2v) is 4.71. The molecular formula is C13H22O4. The molecular weight excluding hydrogens is 220 g/mol. The Hall–Kier alpha value is -1.06. The van der Waals surface area contributed by atoms with Crippen LogP contribution in [0.3, 0.4) is 0 Å². The Morgan fingerprint density at radius 3 is 1.88 bits per heavy atom. The van der Waals surface area contributed by atoms with Crippen molar-refractivity contribution in [2.75, 3.05) is 14.2 Å². The fraction of sp³-hybridized carbons (Fsp3) is 0.846. The predicted molar refractivity (Wildman–Crippen MR) is 63.3 cm³/mol. The van der Waals surface area contributed by atoms with E-state index in [0.29, 0.717) is 0 Å². The Morgan fingerprint density at radius 2 is 1.53 bits per heavy atom. The Labute approximate surface area is 103 Å². The molecule has 1 fully saturated rings. The minimum Gasteiger partial charge on any atom is -0.468 e. The zero-order valence-electron chi connectivity index (χ0n) is 10.9. The number of hydrogen-bond acceptors (Lipinski definition) is 4. The van der Waals surface area contributed by atoms with Gasteiger partial charge in [0.2, 0.25) is 0 Å². The predicted octanol–water partition coefficient (Wildman–Crippen LogP) is 2.17. The number of rotatable bonds is 4. The third-order valence-corrected chi connectivity index (χ3v) is 3.85. The maximum absolute atomic E-state index is 11.6. The molecule has 1 saturated carbocycles. The summed E-state index contributed by atoms with van der Waals surface area (Å²) in [5, 5.41) is 0. The summed E-state index contributed by atoms with van der Waals surface area (Å²) in [7, 11) is 2.63. The van der Waals surface area contributed by atoms with Crippen LogP contribution < -0.4 is 0 Å². The average molecular weight is 242 g/mol. The van der Waals surface area contributed by atoms with Crippen molar-refractivity contribution in [1.29, 1.82) is 0 Å². The van der Waals surface area contributed by atoms with Gasteiger partial charge in [0, 0.05) is 0 Å². The van der Waals surface area contributed by atoms with E-state index in [-0.39, 0.29) is 5.92 Å². The summed E-state index contributed by atoms with van der Waals surface area (Å²) < 4.78 is 9.40. The first-order valence-electron chi connectivity index (χ1n) is 6.29. The molecule has 1 rings (SSSR count). The molecule has 0 saturated heterocycles. The Kier molecular flexibility index (Phi) is 5.45. The number of carbonyl (C=O) groups is 2. The lowest BCUT2D eigenvalue weighted by Gasteiger charge is -2.30. The van der Waals surface area contributed by atoms with Crippen molar-refractivity contribution in [1.82, 2.24) is 0 Å². The third kappa shape index (κ3) is 3.45. The fourth-order valence-corrected chi connectivity index (χ4v) is 2.66. The van der Waals surface area contributed by atoms with Crippen molar-refractivity contribution in [3.05, 3.63) is 0 Å². The van der Waals surface area contributed by atoms with Gasteiger partial charge < -0.3 is 9.47 Å². The second kappa shape index (κ2) is 6.62. The van der Waals surface area contributed by atoms with Gasteiger partial charge in [-0.25, -0.2) is 0 Å². The minimum atomic E-state index is -0.734. The lowest BCUT2D eigenvalue weighted by atomic mass is 9.75. The number of methoxy groups -OCH3 is 2. The van der Waals surface area contributed by atoms with Crippen LogP contribution in [0.1, 0.15) is 39.0 Å². The zero-order valence-corrected chi connectivity index (χ0v) is 10.9. The molecule has 0 aliphatic heterocycles. The molecule has 4 heteroatoms. The molecule has 0 N–H and O–H groups in total. The lowest BCUT2D eigenvalue weighted by Crippen LogP contribution is -2.35. The van der Waals surface area contributed by atoms with E-state index in [1.807, 2.05) is 0 Å². The largest absolute Gasteiger partial charge is 0.468 e. The summed E-state index contributed by atoms with van der Waals surface area (Å²) in [6.07, 6.45) is 5.17. The van der Waals surface area contributed by atoms with Gasteiger partial charge in [0.15, 0.2) is 5.92 Å². The van der Waals surface area contributed by atoms with Gasteiger partial charge in [0.25, 0.3) is 0 Å². The monoisotopic (exact) mass is 242 g/mol. The molecule has 0 radical (unpaired) electrons. The van der Waals surface area contributed by atoms with Gasteiger partial charge in [-0.2, -0.15) is 0 Å². The maximum atomic E-state index is 11.6. The molecule has 17 heavy (non-hydrogen) atoms. The van der Waals surface area contributed by atoms with Gasteiger partial charge in [0.05, 0.1) is 14.2 Å². The maximum Gasteiger partial charge on any atom is 0.320 e. The lowest BCUT2D eigenvalue weighted by molar-refractivity contribution is -0.162. The minimum absolute atomic E-state index is 0.0812. The Bertz CT molecular complexity index is 251. The highest BCUT2D eigenvalue weighted by Gasteiger charge is 2.38. The zero-order chi connectivity index (χ0) is 12.8. The molecule has 0 aromatic carbocycles. The van der Waals surface area contributed by atoms with E-state index in [9.17, 15) is 9.59 Å². The SMILES string of the molecule is CCC1CCC(C(C(=O)OC)C(=O)OC)CC1. The molecule has 0 amide bonds. The molecule has 0 heterocycles. The molecule has 0 unspecified atom stereocenters. The smallest absolute Gasteiger partial charge is 0.320 e. The third-order valence-electron chi connectivity index (χ3n) is 3.85. The van der Waals surface area contributed by atoms with Crippen LogP contribution in [0.4, 0.5) is 0 Å². The second-order valence-electron chi connectivity index (χ2n) is 4.71. The normalized spacial score (nSPS) is 24.5. The number of hydrogen-bond donors (Lipinski definition) is 0. The Morgan fingerprint density at radius 1 is 1.06 bits per heavy atom. The van der Waals surface area contributed by atoms with Crippen molar-refractivity contribution in [2.45, 2.75) is 39.0 Å². The molecule has 0 aromatic heterocycles. The van der Waals surface area contributed by atoms with Gasteiger partial charge in [-0.05, 0) is 24.7 Å². The highest BCUT2D eigenvalue weighted by molar-refractivity contribution is 5.95. The average Bonchev–Trinajstić information content (AvgIpc) is 2.39. The first-order valence-corrected chi connectivity index (χ1v) is 6.29. The van der Waals surface area contributed by atoms with Crippen LogP contribution in [0.2, 0.25) is 0 Å². The quantitative estimate of drug-likeness (QED) is 0.560. The standard InChI is InChI=1S/C13H22O4/c1-4-9-5-7-10(8-6-9)11(12(14)16-2)13(15)17-3/h9-11H,4-8H2,1-3H3. The number of carbonyl (C=O) groups excluding carboxylic acids is 2. The molecule has 4 nitrogen and oxygen atoms in total. The first-order chi connectivity index (χ1) is 8.13. The number of ether oxygens (including phenoxy) is 2. The fourth-order valence-electron chi connectivity index (χ4n) is 2.66. The molecule has 1 aliphatic rings. The van der Waals surface area contributed by atoms with Crippen LogP contribution in [-0.4, -0.2) is 26.2 Å². The molecule has 1 aliphatic carbocycles. The van der Waals surface area contributed by atoms with Crippen LogP contribution in [0.15, 0.2) is 0 Å². The summed E-state index contributed by atoms with van der Waals surface area (Å²) in [4.78, 5) is 23.3. The summed E-state index contributed by atoms with van der Waals surface area (Å²) in [5.41, 5.74) is 0. The molecule has 0 spiro atoms. The first kappa shape index (κ1) is 14.0. The van der Waals surface area contributed by atoms with E-state index in [1.54, 1.807) is 0 Å². The van der Waals surface area contributed by atoms with Crippen molar-refractivity contribution >= 4 is 11.9 Å². The van der Waals surface area contributed by atoms with Crippen molar-refractivity contribution in [3.63, 3.8) is 0 Å². The molecule has 98 valence electrons. The van der Waals surface area contributed by atoms with E-state index in [0.717, 1.165) is 31.6 Å². The van der Waals surface area contributed by atoms with E-state index in [4.69, 9.17) is 9.47 Å². The topological polar surface area (TPSA) is 52.6 Å². The highest BCUT2D eigenvalue weighted by Crippen LogP contribution is 2.35. The number of esters is 2. The Balaban J connectivity index is 2.65. The summed E-state index contributed by atoms with van der Waals surface area (Å²) in [5.74, 6) is -0.837. The summed E-state index contributed by atoms with van der Waals surface area (Å²) in [6.45, 7) is 2.18. The summed E-state index contributed by atoms with van der Waals surface area (Å²) >= 11 is 0. The van der Waals surface area contributed by atoms with Crippen LogP contribution in [0.25, 0.3) is 0 Å². The van der Waals surface area contributed by atoms with Crippen LogP contribution >= 0.6 is 0 Å². The van der Waals surface area contributed by atoms with Gasteiger partial charge in [0.1, 0.15) is 0 Å². The van der Waals surface area contributed by atoms with Crippen LogP contribution in [0, 0.1) is 17.8 Å². The van der Waals surface area contributed by atoms with E-state index in [1.165, 1.54) is 20.6 Å². The van der Waals surface area contributed by atoms with Gasteiger partial charge in [-0.15, -0.1) is 0 Å².